The highest BCUT2D eigenvalue weighted by atomic mass is 16.6. The maximum atomic E-state index is 11.9. The molecule has 0 unspecified atom stereocenters. The quantitative estimate of drug-likeness (QED) is 0.644. The lowest BCUT2D eigenvalue weighted by molar-refractivity contribution is -0.384. The number of benzene rings is 1. The van der Waals surface area contributed by atoms with Crippen LogP contribution in [-0.2, 0) is 0 Å². The van der Waals surface area contributed by atoms with Crippen molar-refractivity contribution in [3.63, 3.8) is 0 Å². The van der Waals surface area contributed by atoms with Crippen LogP contribution in [0.4, 0.5) is 16.2 Å². The zero-order valence-corrected chi connectivity index (χ0v) is 9.92. The molecule has 0 bridgehead atoms. The summed E-state index contributed by atoms with van der Waals surface area (Å²) in [7, 11) is 0. The number of nitrogens with zero attached hydrogens (tertiary/aromatic N) is 2. The molecule has 6 nitrogen and oxygen atoms in total. The molecule has 1 aliphatic rings. The smallest absolute Gasteiger partial charge is 0.307 e. The Kier molecular flexibility index (Phi) is 3.27. The summed E-state index contributed by atoms with van der Waals surface area (Å²) in [5.41, 5.74) is 1.29. The normalized spacial score (nSPS) is 14.3. The van der Waals surface area contributed by atoms with Crippen molar-refractivity contribution in [2.75, 3.05) is 11.9 Å². The van der Waals surface area contributed by atoms with Gasteiger partial charge in [-0.2, -0.15) is 0 Å². The zero-order valence-electron chi connectivity index (χ0n) is 9.92. The Hall–Kier alpha value is -2.37. The van der Waals surface area contributed by atoms with Gasteiger partial charge in [-0.3, -0.25) is 15.0 Å². The van der Waals surface area contributed by atoms with Crippen LogP contribution < -0.4 is 5.32 Å². The van der Waals surface area contributed by atoms with Gasteiger partial charge in [0.2, 0.25) is 0 Å². The summed E-state index contributed by atoms with van der Waals surface area (Å²) in [5.74, 6) is 0. The number of nitro benzene ring substituents is 1. The molecule has 0 radical (unpaired) electrons. The molecule has 0 aromatic heterocycles. The van der Waals surface area contributed by atoms with E-state index >= 15 is 0 Å². The molecular formula is C12H13N3O3. The third kappa shape index (κ3) is 2.48. The standard InChI is InChI=1S/C12H13N3O3/c1-9-4-3-7-14(9)12(16)13-10-5-2-6-11(8-10)15(17)18/h2,4-6,8H,3,7H2,1H3,(H,13,16). The molecule has 1 heterocycles. The average Bonchev–Trinajstić information content (AvgIpc) is 2.76. The molecule has 2 amide bonds. The molecule has 18 heavy (non-hydrogen) atoms. The summed E-state index contributed by atoms with van der Waals surface area (Å²) < 4.78 is 0. The van der Waals surface area contributed by atoms with Gasteiger partial charge in [0.05, 0.1) is 4.92 Å². The molecule has 1 aromatic rings. The van der Waals surface area contributed by atoms with E-state index in [2.05, 4.69) is 5.32 Å². The molecule has 1 N–H and O–H groups in total. The Morgan fingerprint density at radius 3 is 2.89 bits per heavy atom. The fourth-order valence-electron chi connectivity index (χ4n) is 1.84. The predicted octanol–water partition coefficient (Wildman–Crippen LogP) is 2.74. The van der Waals surface area contributed by atoms with Gasteiger partial charge in [0.25, 0.3) is 5.69 Å². The van der Waals surface area contributed by atoms with E-state index in [1.807, 2.05) is 13.0 Å². The number of anilines is 1. The van der Waals surface area contributed by atoms with E-state index in [1.165, 1.54) is 12.1 Å². The zero-order chi connectivity index (χ0) is 13.1. The van der Waals surface area contributed by atoms with Gasteiger partial charge in [-0.15, -0.1) is 0 Å². The van der Waals surface area contributed by atoms with Crippen LogP contribution in [-0.4, -0.2) is 22.4 Å². The van der Waals surface area contributed by atoms with Crippen LogP contribution in [0.5, 0.6) is 0 Å². The molecule has 0 saturated heterocycles. The molecule has 1 aliphatic heterocycles. The van der Waals surface area contributed by atoms with Crippen molar-refractivity contribution in [1.82, 2.24) is 4.90 Å². The van der Waals surface area contributed by atoms with Gasteiger partial charge >= 0.3 is 6.03 Å². The first kappa shape index (κ1) is 12.1. The Balaban J connectivity index is 2.10. The van der Waals surface area contributed by atoms with Crippen LogP contribution in [0.25, 0.3) is 0 Å². The minimum Gasteiger partial charge on any atom is -0.307 e. The van der Waals surface area contributed by atoms with E-state index in [-0.39, 0.29) is 11.7 Å². The summed E-state index contributed by atoms with van der Waals surface area (Å²) in [5, 5.41) is 13.3. The van der Waals surface area contributed by atoms with Crippen molar-refractivity contribution < 1.29 is 9.72 Å². The largest absolute Gasteiger partial charge is 0.326 e. The van der Waals surface area contributed by atoms with Gasteiger partial charge in [-0.05, 0) is 19.4 Å². The third-order valence-electron chi connectivity index (χ3n) is 2.77. The first-order valence-electron chi connectivity index (χ1n) is 5.57. The maximum absolute atomic E-state index is 11.9. The Bertz CT molecular complexity index is 525. The Morgan fingerprint density at radius 2 is 2.28 bits per heavy atom. The first-order chi connectivity index (χ1) is 8.58. The van der Waals surface area contributed by atoms with E-state index in [9.17, 15) is 14.9 Å². The second kappa shape index (κ2) is 4.87. The van der Waals surface area contributed by atoms with E-state index in [0.29, 0.717) is 12.2 Å². The highest BCUT2D eigenvalue weighted by Crippen LogP contribution is 2.19. The van der Waals surface area contributed by atoms with Crippen molar-refractivity contribution in [2.45, 2.75) is 13.3 Å². The van der Waals surface area contributed by atoms with Crippen LogP contribution in [0.1, 0.15) is 13.3 Å². The van der Waals surface area contributed by atoms with Crippen LogP contribution in [0.15, 0.2) is 36.0 Å². The highest BCUT2D eigenvalue weighted by Gasteiger charge is 2.19. The molecule has 6 heteroatoms. The minimum absolute atomic E-state index is 0.0403. The topological polar surface area (TPSA) is 75.5 Å². The minimum atomic E-state index is -0.489. The van der Waals surface area contributed by atoms with Crippen LogP contribution in [0.3, 0.4) is 0 Å². The number of carbonyl (C=O) groups is 1. The first-order valence-corrected chi connectivity index (χ1v) is 5.57. The number of nitrogens with one attached hydrogen (secondary N) is 1. The van der Waals surface area contributed by atoms with E-state index in [4.69, 9.17) is 0 Å². The summed E-state index contributed by atoms with van der Waals surface area (Å²) in [6.07, 6.45) is 2.82. The van der Waals surface area contributed by atoms with Crippen LogP contribution in [0, 0.1) is 10.1 Å². The SMILES string of the molecule is CC1=CCCN1C(=O)Nc1cccc([N+](=O)[O-])c1. The van der Waals surface area contributed by atoms with Gasteiger partial charge in [0.15, 0.2) is 0 Å². The lowest BCUT2D eigenvalue weighted by atomic mass is 10.3. The fourth-order valence-corrected chi connectivity index (χ4v) is 1.84. The predicted molar refractivity (Wildman–Crippen MR) is 67.2 cm³/mol. The van der Waals surface area contributed by atoms with Gasteiger partial charge in [0, 0.05) is 30.1 Å². The summed E-state index contributed by atoms with van der Waals surface area (Å²) in [6.45, 7) is 2.51. The third-order valence-corrected chi connectivity index (χ3v) is 2.77. The lowest BCUT2D eigenvalue weighted by Crippen LogP contribution is -2.31. The van der Waals surface area contributed by atoms with Gasteiger partial charge in [-0.25, -0.2) is 4.79 Å². The van der Waals surface area contributed by atoms with E-state index in [1.54, 1.807) is 17.0 Å². The Labute approximate surface area is 104 Å². The number of nitro groups is 1. The number of amides is 2. The monoisotopic (exact) mass is 247 g/mol. The van der Waals surface area contributed by atoms with Crippen molar-refractivity contribution in [2.24, 2.45) is 0 Å². The number of non-ortho nitro benzene ring substituents is 1. The van der Waals surface area contributed by atoms with E-state index < -0.39 is 4.92 Å². The molecule has 2 rings (SSSR count). The summed E-state index contributed by atoms with van der Waals surface area (Å²) in [4.78, 5) is 23.7. The summed E-state index contributed by atoms with van der Waals surface area (Å²) >= 11 is 0. The lowest BCUT2D eigenvalue weighted by Gasteiger charge is -2.18. The molecular weight excluding hydrogens is 234 g/mol. The van der Waals surface area contributed by atoms with Crippen molar-refractivity contribution in [3.8, 4) is 0 Å². The van der Waals surface area contributed by atoms with Crippen molar-refractivity contribution in [3.05, 3.63) is 46.2 Å². The van der Waals surface area contributed by atoms with Gasteiger partial charge in [0.1, 0.15) is 0 Å². The second-order valence-electron chi connectivity index (χ2n) is 4.02. The molecule has 0 atom stereocenters. The molecule has 0 spiro atoms. The molecule has 0 fully saturated rings. The van der Waals surface area contributed by atoms with Gasteiger partial charge < -0.3 is 5.32 Å². The molecule has 94 valence electrons. The number of hydrogen-bond donors (Lipinski definition) is 1. The Morgan fingerprint density at radius 1 is 1.50 bits per heavy atom. The van der Waals surface area contributed by atoms with Crippen molar-refractivity contribution in [1.29, 1.82) is 0 Å². The number of urea groups is 1. The highest BCUT2D eigenvalue weighted by molar-refractivity contribution is 5.91. The maximum Gasteiger partial charge on any atom is 0.326 e. The number of hydrogen-bond acceptors (Lipinski definition) is 3. The number of carbonyl (C=O) groups excluding carboxylic acids is 1. The van der Waals surface area contributed by atoms with Crippen LogP contribution in [0.2, 0.25) is 0 Å². The number of allylic oxidation sites excluding steroid dienone is 1. The second-order valence-corrected chi connectivity index (χ2v) is 4.02. The van der Waals surface area contributed by atoms with Crippen LogP contribution >= 0.6 is 0 Å². The fraction of sp³-hybridized carbons (Fsp3) is 0.250. The average molecular weight is 247 g/mol. The van der Waals surface area contributed by atoms with Gasteiger partial charge in [-0.1, -0.05) is 12.1 Å². The molecule has 1 aromatic carbocycles. The van der Waals surface area contributed by atoms with Crippen molar-refractivity contribution >= 4 is 17.4 Å². The summed E-state index contributed by atoms with van der Waals surface area (Å²) in [6, 6.07) is 5.63. The molecule has 0 aliphatic carbocycles. The molecule has 0 saturated carbocycles. The van der Waals surface area contributed by atoms with E-state index in [0.717, 1.165) is 12.1 Å². The number of rotatable bonds is 2.